The van der Waals surface area contributed by atoms with Crippen LogP contribution in [0.5, 0.6) is 0 Å². The number of ether oxygens (including phenoxy) is 6. The second-order valence-electron chi connectivity index (χ2n) is 18.3. The van der Waals surface area contributed by atoms with Crippen molar-refractivity contribution in [2.24, 2.45) is 0 Å². The molecule has 0 aromatic rings. The van der Waals surface area contributed by atoms with Gasteiger partial charge in [0.15, 0.2) is 12.6 Å². The zero-order chi connectivity index (χ0) is 48.7. The lowest BCUT2D eigenvalue weighted by Gasteiger charge is -2.42. The molecule has 2 saturated heterocycles. The third-order valence-corrected chi connectivity index (χ3v) is 12.3. The Morgan fingerprint density at radius 3 is 1.54 bits per heavy atom. The van der Waals surface area contributed by atoms with Gasteiger partial charge in [-0.25, -0.2) is 0 Å². The van der Waals surface area contributed by atoms with Gasteiger partial charge in [-0.2, -0.15) is 0 Å². The summed E-state index contributed by atoms with van der Waals surface area (Å²) in [5.74, 6) is -0.388. The first-order valence-electron chi connectivity index (χ1n) is 26.2. The molecule has 11 unspecified atom stereocenters. The van der Waals surface area contributed by atoms with Crippen LogP contribution in [0, 0.1) is 0 Å². The van der Waals surface area contributed by atoms with Crippen LogP contribution in [0.2, 0.25) is 0 Å². The summed E-state index contributed by atoms with van der Waals surface area (Å²) in [5, 5.41) is 72.1. The van der Waals surface area contributed by atoms with Gasteiger partial charge >= 0.3 is 5.97 Å². The van der Waals surface area contributed by atoms with Crippen molar-refractivity contribution >= 4 is 5.97 Å². The third-order valence-electron chi connectivity index (χ3n) is 12.3. The number of hydrogen-bond donors (Lipinski definition) is 7. The molecule has 390 valence electrons. The highest BCUT2D eigenvalue weighted by molar-refractivity contribution is 5.69. The molecule has 67 heavy (non-hydrogen) atoms. The normalized spacial score (nSPS) is 26.5. The Morgan fingerprint density at radius 1 is 0.507 bits per heavy atom. The maximum atomic E-state index is 13.0. The Balaban J connectivity index is 1.76. The second-order valence-corrected chi connectivity index (χ2v) is 18.3. The van der Waals surface area contributed by atoms with Crippen LogP contribution in [0.4, 0.5) is 0 Å². The van der Waals surface area contributed by atoms with E-state index in [0.717, 1.165) is 70.6 Å². The highest BCUT2D eigenvalue weighted by atomic mass is 16.7. The highest BCUT2D eigenvalue weighted by Crippen LogP contribution is 2.26. The van der Waals surface area contributed by atoms with E-state index in [0.29, 0.717) is 13.0 Å². The minimum Gasteiger partial charge on any atom is -0.457 e. The summed E-state index contributed by atoms with van der Waals surface area (Å²) in [6, 6.07) is 0. The number of aliphatic hydroxyl groups is 7. The number of esters is 1. The smallest absolute Gasteiger partial charge is 0.306 e. The fourth-order valence-corrected chi connectivity index (χ4v) is 8.06. The Bertz CT molecular complexity index is 1290. The van der Waals surface area contributed by atoms with E-state index in [1.165, 1.54) is 83.5 Å². The molecule has 14 nitrogen and oxygen atoms in total. The van der Waals surface area contributed by atoms with E-state index in [4.69, 9.17) is 28.4 Å². The van der Waals surface area contributed by atoms with Crippen molar-refractivity contribution in [3.8, 4) is 0 Å². The molecule has 7 N–H and O–H groups in total. The van der Waals surface area contributed by atoms with Crippen LogP contribution < -0.4 is 0 Å². The predicted molar refractivity (Wildman–Crippen MR) is 261 cm³/mol. The summed E-state index contributed by atoms with van der Waals surface area (Å²) >= 11 is 0. The minimum atomic E-state index is -1.71. The number of hydrogen-bond acceptors (Lipinski definition) is 14. The highest BCUT2D eigenvalue weighted by Gasteiger charge is 2.47. The van der Waals surface area contributed by atoms with Gasteiger partial charge in [0, 0.05) is 13.0 Å². The molecule has 0 aromatic heterocycles. The van der Waals surface area contributed by atoms with Gasteiger partial charge in [-0.15, -0.1) is 0 Å². The quantitative estimate of drug-likeness (QED) is 0.0176. The van der Waals surface area contributed by atoms with Crippen LogP contribution in [0.3, 0.4) is 0 Å². The first-order valence-corrected chi connectivity index (χ1v) is 26.2. The second kappa shape index (κ2) is 40.7. The molecular formula is C53H94O14. The van der Waals surface area contributed by atoms with Crippen molar-refractivity contribution in [1.82, 2.24) is 0 Å². The fourth-order valence-electron chi connectivity index (χ4n) is 8.06. The van der Waals surface area contributed by atoms with Crippen molar-refractivity contribution < 1.29 is 69.0 Å². The Morgan fingerprint density at radius 2 is 0.970 bits per heavy atom. The summed E-state index contributed by atoms with van der Waals surface area (Å²) in [6.07, 6.45) is 30.3. The summed E-state index contributed by atoms with van der Waals surface area (Å²) < 4.78 is 34.2. The van der Waals surface area contributed by atoms with Gasteiger partial charge in [-0.1, -0.05) is 152 Å². The Hall–Kier alpha value is -2.05. The number of rotatable bonds is 41. The van der Waals surface area contributed by atoms with E-state index >= 15 is 0 Å². The molecule has 2 heterocycles. The topological polar surface area (TPSA) is 214 Å². The molecule has 2 fully saturated rings. The molecular weight excluding hydrogens is 861 g/mol. The van der Waals surface area contributed by atoms with E-state index in [1.807, 2.05) is 0 Å². The van der Waals surface area contributed by atoms with Crippen LogP contribution in [0.1, 0.15) is 181 Å². The van der Waals surface area contributed by atoms with Gasteiger partial charge < -0.3 is 64.2 Å². The summed E-state index contributed by atoms with van der Waals surface area (Å²) in [6.45, 7) is 3.51. The number of carbonyl (C=O) groups excluding carboxylic acids is 1. The van der Waals surface area contributed by atoms with Gasteiger partial charge in [-0.3, -0.25) is 4.79 Å². The van der Waals surface area contributed by atoms with Crippen molar-refractivity contribution in [3.63, 3.8) is 0 Å². The van der Waals surface area contributed by atoms with Crippen LogP contribution in [0.15, 0.2) is 48.6 Å². The summed E-state index contributed by atoms with van der Waals surface area (Å²) in [7, 11) is 0. The SMILES string of the molecule is CC/C=C\C/C=C\C/C=C\CCCCCCOCC(COC1OC(COC2OC(CO)C(O)C(O)C2O)C(O)C(O)C1O)OC(=O)CCCCCCCCCCC/C=C\CCCCCCCC. The molecule has 0 spiro atoms. The molecule has 0 aliphatic carbocycles. The first kappa shape index (κ1) is 61.1. The molecule has 0 bridgehead atoms. The predicted octanol–water partition coefficient (Wildman–Crippen LogP) is 7.96. The van der Waals surface area contributed by atoms with Crippen LogP contribution in [0.25, 0.3) is 0 Å². The van der Waals surface area contributed by atoms with Crippen molar-refractivity contribution in [2.45, 2.75) is 248 Å². The van der Waals surface area contributed by atoms with E-state index in [9.17, 15) is 40.5 Å². The lowest BCUT2D eigenvalue weighted by atomic mass is 9.98. The molecule has 0 amide bonds. The molecule has 0 saturated carbocycles. The summed E-state index contributed by atoms with van der Waals surface area (Å²) in [4.78, 5) is 13.0. The maximum Gasteiger partial charge on any atom is 0.306 e. The monoisotopic (exact) mass is 955 g/mol. The molecule has 11 atom stereocenters. The van der Waals surface area contributed by atoms with Crippen LogP contribution >= 0.6 is 0 Å². The largest absolute Gasteiger partial charge is 0.457 e. The van der Waals surface area contributed by atoms with E-state index < -0.39 is 80.7 Å². The van der Waals surface area contributed by atoms with Gasteiger partial charge in [0.05, 0.1) is 26.4 Å². The van der Waals surface area contributed by atoms with Crippen molar-refractivity contribution in [3.05, 3.63) is 48.6 Å². The number of unbranched alkanes of at least 4 members (excludes halogenated alkanes) is 19. The molecule has 14 heteroatoms. The lowest BCUT2D eigenvalue weighted by molar-refractivity contribution is -0.332. The molecule has 0 radical (unpaired) electrons. The van der Waals surface area contributed by atoms with Crippen LogP contribution in [-0.2, 0) is 33.2 Å². The molecule has 0 aromatic carbocycles. The van der Waals surface area contributed by atoms with Gasteiger partial charge in [0.1, 0.15) is 54.9 Å². The van der Waals surface area contributed by atoms with Crippen molar-refractivity contribution in [2.75, 3.05) is 33.0 Å². The first-order chi connectivity index (χ1) is 32.6. The van der Waals surface area contributed by atoms with Crippen LogP contribution in [-0.4, -0.2) is 142 Å². The third kappa shape index (κ3) is 28.4. The average molecular weight is 955 g/mol. The molecule has 2 aliphatic heterocycles. The van der Waals surface area contributed by atoms with Gasteiger partial charge in [-0.05, 0) is 70.6 Å². The number of allylic oxidation sites excluding steroid dienone is 8. The maximum absolute atomic E-state index is 13.0. The van der Waals surface area contributed by atoms with E-state index in [1.54, 1.807) is 0 Å². The number of carbonyl (C=O) groups is 1. The van der Waals surface area contributed by atoms with Crippen molar-refractivity contribution in [1.29, 1.82) is 0 Å². The Kier molecular flexibility index (Phi) is 37.1. The minimum absolute atomic E-state index is 0.0450. The van der Waals surface area contributed by atoms with E-state index in [-0.39, 0.29) is 25.6 Å². The zero-order valence-electron chi connectivity index (χ0n) is 41.4. The Labute approximate surface area is 403 Å². The van der Waals surface area contributed by atoms with Gasteiger partial charge in [0.2, 0.25) is 0 Å². The lowest BCUT2D eigenvalue weighted by Crippen LogP contribution is -2.61. The van der Waals surface area contributed by atoms with Gasteiger partial charge in [0.25, 0.3) is 0 Å². The standard InChI is InChI=1S/C53H94O14/c1-3-5-7-9-11-13-15-17-19-20-21-22-23-24-26-28-30-32-34-36-45(55)65-42(39-62-37-35-33-31-29-27-25-18-16-14-12-10-8-6-4-2)40-63-52-51(61)49(59)47(57)44(67-52)41-64-53-50(60)48(58)46(56)43(38-54)66-53/h6,8,12,14,17-19,25,42-44,46-54,56-61H,3-5,7,9-11,13,15-16,20-24,26-41H2,1-2H3/b8-6-,14-12-,19-17-,25-18-. The summed E-state index contributed by atoms with van der Waals surface area (Å²) in [5.41, 5.74) is 0. The number of aliphatic hydroxyl groups excluding tert-OH is 7. The molecule has 2 aliphatic rings. The fraction of sp³-hybridized carbons (Fsp3) is 0.830. The average Bonchev–Trinajstić information content (AvgIpc) is 3.32. The zero-order valence-corrected chi connectivity index (χ0v) is 41.4. The molecule has 2 rings (SSSR count). The van der Waals surface area contributed by atoms with E-state index in [2.05, 4.69) is 62.5 Å².